The monoisotopic (exact) mass is 308 g/mol. The second-order valence-corrected chi connectivity index (χ2v) is 8.75. The lowest BCUT2D eigenvalue weighted by molar-refractivity contribution is 0.147. The fourth-order valence-corrected chi connectivity index (χ4v) is 4.08. The van der Waals surface area contributed by atoms with E-state index in [1.54, 1.807) is 0 Å². The fourth-order valence-electron chi connectivity index (χ4n) is 4.08. The van der Waals surface area contributed by atoms with E-state index < -0.39 is 0 Å². The Labute approximate surface area is 141 Å². The molecule has 1 saturated heterocycles. The van der Waals surface area contributed by atoms with Gasteiger partial charge in [0.25, 0.3) is 0 Å². The zero-order valence-corrected chi connectivity index (χ0v) is 16.1. The molecular weight excluding hydrogens is 266 g/mol. The molecule has 1 aliphatic rings. The first-order valence-electron chi connectivity index (χ1n) is 10.00. The van der Waals surface area contributed by atoms with Crippen LogP contribution in [0.3, 0.4) is 0 Å². The molecule has 1 N–H and O–H groups in total. The molecule has 0 saturated carbocycles. The van der Waals surface area contributed by atoms with Crippen LogP contribution in [0.15, 0.2) is 0 Å². The Hall–Kier alpha value is -0.0400. The van der Waals surface area contributed by atoms with Crippen molar-refractivity contribution in [2.24, 2.45) is 5.92 Å². The Morgan fingerprint density at radius 3 is 1.82 bits per heavy atom. The van der Waals surface area contributed by atoms with Crippen LogP contribution in [0.1, 0.15) is 112 Å². The smallest absolute Gasteiger partial charge is 0.0161 e. The number of nitrogens with one attached hydrogen (secondary N) is 1. The summed E-state index contributed by atoms with van der Waals surface area (Å²) < 4.78 is 0. The minimum Gasteiger partial charge on any atom is -0.307 e. The predicted octanol–water partition coefficient (Wildman–Crippen LogP) is 6.67. The lowest BCUT2D eigenvalue weighted by Gasteiger charge is -2.48. The van der Waals surface area contributed by atoms with E-state index in [2.05, 4.69) is 46.4 Å². The largest absolute Gasteiger partial charge is 0.307 e. The molecule has 22 heavy (non-hydrogen) atoms. The third kappa shape index (κ3) is 7.99. The van der Waals surface area contributed by atoms with E-state index in [4.69, 9.17) is 0 Å². The van der Waals surface area contributed by atoms with Gasteiger partial charge in [-0.1, -0.05) is 71.1 Å². The number of hydrogen-bond acceptors (Lipinski definition) is 1. The minimum absolute atomic E-state index is 0.265. The van der Waals surface area contributed by atoms with Gasteiger partial charge in [-0.25, -0.2) is 0 Å². The van der Waals surface area contributed by atoms with Gasteiger partial charge in [0.2, 0.25) is 0 Å². The molecule has 1 nitrogen and oxygen atoms in total. The minimum atomic E-state index is 0.265. The zero-order chi connectivity index (χ0) is 16.5. The highest BCUT2D eigenvalue weighted by Gasteiger charge is 2.39. The van der Waals surface area contributed by atoms with Crippen LogP contribution in [0.4, 0.5) is 0 Å². The molecule has 1 atom stereocenters. The van der Waals surface area contributed by atoms with Crippen LogP contribution in [0.5, 0.6) is 0 Å². The van der Waals surface area contributed by atoms with Crippen molar-refractivity contribution in [2.75, 3.05) is 0 Å². The summed E-state index contributed by atoms with van der Waals surface area (Å²) in [4.78, 5) is 0. The molecule has 0 unspecified atom stereocenters. The van der Waals surface area contributed by atoms with Crippen molar-refractivity contribution in [2.45, 2.75) is 123 Å². The maximum atomic E-state index is 3.84. The van der Waals surface area contributed by atoms with Crippen molar-refractivity contribution in [3.05, 3.63) is 6.42 Å². The Balaban J connectivity index is 2.01. The van der Waals surface area contributed by atoms with Crippen LogP contribution in [0.25, 0.3) is 0 Å². The molecule has 0 aromatic rings. The molecule has 0 bridgehead atoms. The number of hydrogen-bond donors (Lipinski definition) is 1. The molecule has 1 aliphatic heterocycles. The molecule has 1 rings (SSSR count). The van der Waals surface area contributed by atoms with E-state index >= 15 is 0 Å². The molecular formula is C21H42N. The summed E-state index contributed by atoms with van der Waals surface area (Å²) >= 11 is 0. The molecule has 0 aromatic heterocycles. The second-order valence-electron chi connectivity index (χ2n) is 8.75. The first-order valence-corrected chi connectivity index (χ1v) is 10.00. The van der Waals surface area contributed by atoms with Gasteiger partial charge in [0.05, 0.1) is 0 Å². The Morgan fingerprint density at radius 2 is 1.32 bits per heavy atom. The van der Waals surface area contributed by atoms with E-state index in [1.165, 1.54) is 77.0 Å². The van der Waals surface area contributed by atoms with Crippen LogP contribution in [-0.4, -0.2) is 11.1 Å². The number of unbranched alkanes of at least 4 members (excludes halogenated alkanes) is 9. The van der Waals surface area contributed by atoms with Gasteiger partial charge in [-0.2, -0.15) is 0 Å². The average molecular weight is 309 g/mol. The van der Waals surface area contributed by atoms with Gasteiger partial charge < -0.3 is 5.32 Å². The van der Waals surface area contributed by atoms with Gasteiger partial charge in [-0.15, -0.1) is 0 Å². The van der Waals surface area contributed by atoms with Crippen LogP contribution < -0.4 is 5.32 Å². The Morgan fingerprint density at radius 1 is 0.818 bits per heavy atom. The highest BCUT2D eigenvalue weighted by molar-refractivity contribution is 5.05. The van der Waals surface area contributed by atoms with Gasteiger partial charge in [-0.3, -0.25) is 0 Å². The SMILES string of the molecule is CCCCCCCCCCCC[C@@H]1[CH]CC(C)(C)NC1(C)C. The van der Waals surface area contributed by atoms with Crippen molar-refractivity contribution in [3.63, 3.8) is 0 Å². The maximum Gasteiger partial charge on any atom is 0.0161 e. The van der Waals surface area contributed by atoms with Gasteiger partial charge in [0.1, 0.15) is 0 Å². The highest BCUT2D eigenvalue weighted by Crippen LogP contribution is 2.35. The van der Waals surface area contributed by atoms with Crippen molar-refractivity contribution < 1.29 is 0 Å². The summed E-state index contributed by atoms with van der Waals surface area (Å²) in [5.74, 6) is 0.745. The first-order chi connectivity index (χ1) is 10.4. The molecule has 1 heterocycles. The van der Waals surface area contributed by atoms with Crippen LogP contribution in [0.2, 0.25) is 0 Å². The van der Waals surface area contributed by atoms with Crippen LogP contribution >= 0.6 is 0 Å². The summed E-state index contributed by atoms with van der Waals surface area (Å²) in [7, 11) is 0. The van der Waals surface area contributed by atoms with E-state index in [0.717, 1.165) is 5.92 Å². The molecule has 1 fully saturated rings. The Bertz CT molecular complexity index is 280. The van der Waals surface area contributed by atoms with Crippen LogP contribution in [0, 0.1) is 12.3 Å². The summed E-state index contributed by atoms with van der Waals surface area (Å²) in [6.07, 6.45) is 19.5. The van der Waals surface area contributed by atoms with E-state index in [0.29, 0.717) is 0 Å². The van der Waals surface area contributed by atoms with Crippen molar-refractivity contribution in [3.8, 4) is 0 Å². The van der Waals surface area contributed by atoms with E-state index in [9.17, 15) is 0 Å². The summed E-state index contributed by atoms with van der Waals surface area (Å²) in [5, 5.41) is 3.84. The lowest BCUT2D eigenvalue weighted by Crippen LogP contribution is -2.60. The standard InChI is InChI=1S/C21H42N/c1-6-7-8-9-10-11-12-13-14-15-16-19-17-18-20(2,3)22-21(19,4)5/h17,19,22H,6-16,18H2,1-5H3/t19-/m1/s1. The molecule has 1 heteroatoms. The molecule has 131 valence electrons. The summed E-state index contributed by atoms with van der Waals surface area (Å²) in [5.41, 5.74) is 0.540. The molecule has 1 radical (unpaired) electrons. The average Bonchev–Trinajstić information content (AvgIpc) is 2.41. The molecule has 0 spiro atoms. The van der Waals surface area contributed by atoms with Gasteiger partial charge in [0, 0.05) is 11.1 Å². The summed E-state index contributed by atoms with van der Waals surface area (Å²) in [6, 6.07) is 0. The number of rotatable bonds is 11. The lowest BCUT2D eigenvalue weighted by atomic mass is 9.72. The van der Waals surface area contributed by atoms with Crippen LogP contribution in [-0.2, 0) is 0 Å². The molecule has 0 aromatic carbocycles. The van der Waals surface area contributed by atoms with Gasteiger partial charge in [-0.05, 0) is 52.9 Å². The quantitative estimate of drug-likeness (QED) is 0.420. The third-order valence-electron chi connectivity index (χ3n) is 5.37. The van der Waals surface area contributed by atoms with Crippen molar-refractivity contribution in [1.82, 2.24) is 5.32 Å². The van der Waals surface area contributed by atoms with Gasteiger partial charge in [0.15, 0.2) is 0 Å². The van der Waals surface area contributed by atoms with Crippen molar-refractivity contribution >= 4 is 0 Å². The third-order valence-corrected chi connectivity index (χ3v) is 5.37. The zero-order valence-electron chi connectivity index (χ0n) is 16.1. The van der Waals surface area contributed by atoms with Gasteiger partial charge >= 0.3 is 0 Å². The highest BCUT2D eigenvalue weighted by atomic mass is 15.1. The summed E-state index contributed by atoms with van der Waals surface area (Å²) in [6.45, 7) is 11.7. The second kappa shape index (κ2) is 9.96. The normalized spacial score (nSPS) is 23.6. The first kappa shape index (κ1) is 20.0. The van der Waals surface area contributed by atoms with Crippen molar-refractivity contribution in [1.29, 1.82) is 0 Å². The van der Waals surface area contributed by atoms with E-state index in [-0.39, 0.29) is 11.1 Å². The topological polar surface area (TPSA) is 12.0 Å². The number of piperidine rings is 1. The fraction of sp³-hybridized carbons (Fsp3) is 0.952. The Kier molecular flexibility index (Phi) is 9.05. The maximum absolute atomic E-state index is 3.84. The predicted molar refractivity (Wildman–Crippen MR) is 100 cm³/mol. The molecule has 0 amide bonds. The molecule has 0 aliphatic carbocycles. The van der Waals surface area contributed by atoms with E-state index in [1.807, 2.05) is 0 Å².